The zero-order chi connectivity index (χ0) is 15.1. The lowest BCUT2D eigenvalue weighted by Crippen LogP contribution is -2.31. The van der Waals surface area contributed by atoms with Gasteiger partial charge in [0.15, 0.2) is 0 Å². The lowest BCUT2D eigenvalue weighted by molar-refractivity contribution is -0.128. The second kappa shape index (κ2) is 8.27. The van der Waals surface area contributed by atoms with Crippen LogP contribution in [0.15, 0.2) is 24.3 Å². The van der Waals surface area contributed by atoms with Crippen molar-refractivity contribution in [2.24, 2.45) is 5.92 Å². The van der Waals surface area contributed by atoms with Crippen LogP contribution in [0, 0.1) is 11.7 Å². The lowest BCUT2D eigenvalue weighted by atomic mass is 10.1. The van der Waals surface area contributed by atoms with Crippen LogP contribution in [-0.4, -0.2) is 41.1 Å². The molecule has 0 aromatic heterocycles. The first-order valence-corrected chi connectivity index (χ1v) is 7.81. The third-order valence-corrected chi connectivity index (χ3v) is 4.52. The standard InChI is InChI=1S/C15H22FNO2S/c1-11(8-18)9-20-10-15(19)17(3)12(2)13-4-6-14(16)7-5-13/h4-7,11-12,18H,8-10H2,1-3H3. The predicted molar refractivity (Wildman–Crippen MR) is 81.2 cm³/mol. The molecule has 2 atom stereocenters. The van der Waals surface area contributed by atoms with E-state index in [1.54, 1.807) is 24.1 Å². The number of amides is 1. The molecule has 112 valence electrons. The molecule has 0 spiro atoms. The number of benzene rings is 1. The summed E-state index contributed by atoms with van der Waals surface area (Å²) in [5, 5.41) is 8.93. The van der Waals surface area contributed by atoms with Gasteiger partial charge in [-0.2, -0.15) is 11.8 Å². The Morgan fingerprint density at radius 3 is 2.50 bits per heavy atom. The van der Waals surface area contributed by atoms with Gasteiger partial charge in [0.2, 0.25) is 5.91 Å². The van der Waals surface area contributed by atoms with Crippen LogP contribution in [0.3, 0.4) is 0 Å². The second-order valence-electron chi connectivity index (χ2n) is 5.04. The minimum Gasteiger partial charge on any atom is -0.396 e. The number of hydrogen-bond acceptors (Lipinski definition) is 3. The van der Waals surface area contributed by atoms with E-state index >= 15 is 0 Å². The van der Waals surface area contributed by atoms with E-state index in [1.165, 1.54) is 23.9 Å². The van der Waals surface area contributed by atoms with Crippen LogP contribution < -0.4 is 0 Å². The highest BCUT2D eigenvalue weighted by Crippen LogP contribution is 2.20. The van der Waals surface area contributed by atoms with E-state index < -0.39 is 0 Å². The molecule has 2 unspecified atom stereocenters. The summed E-state index contributed by atoms with van der Waals surface area (Å²) in [5.41, 5.74) is 0.913. The summed E-state index contributed by atoms with van der Waals surface area (Å²) in [6.07, 6.45) is 0. The number of aliphatic hydroxyl groups is 1. The van der Waals surface area contributed by atoms with E-state index in [2.05, 4.69) is 0 Å². The zero-order valence-electron chi connectivity index (χ0n) is 12.2. The van der Waals surface area contributed by atoms with E-state index in [-0.39, 0.29) is 30.3 Å². The number of nitrogens with zero attached hydrogens (tertiary/aromatic N) is 1. The first-order valence-electron chi connectivity index (χ1n) is 6.65. The molecule has 3 nitrogen and oxygen atoms in total. The second-order valence-corrected chi connectivity index (χ2v) is 6.07. The Morgan fingerprint density at radius 2 is 1.95 bits per heavy atom. The van der Waals surface area contributed by atoms with Crippen LogP contribution in [-0.2, 0) is 4.79 Å². The number of aliphatic hydroxyl groups excluding tert-OH is 1. The van der Waals surface area contributed by atoms with Crippen molar-refractivity contribution in [2.45, 2.75) is 19.9 Å². The summed E-state index contributed by atoms with van der Waals surface area (Å²) in [4.78, 5) is 13.7. The third-order valence-electron chi connectivity index (χ3n) is 3.27. The summed E-state index contributed by atoms with van der Waals surface area (Å²) in [7, 11) is 1.76. The maximum atomic E-state index is 12.9. The maximum absolute atomic E-state index is 12.9. The Balaban J connectivity index is 2.49. The van der Waals surface area contributed by atoms with Crippen LogP contribution in [0.5, 0.6) is 0 Å². The third kappa shape index (κ3) is 5.13. The summed E-state index contributed by atoms with van der Waals surface area (Å²) in [6.45, 7) is 4.01. The van der Waals surface area contributed by atoms with E-state index in [1.807, 2.05) is 13.8 Å². The Kier molecular flexibility index (Phi) is 7.02. The molecule has 0 saturated heterocycles. The monoisotopic (exact) mass is 299 g/mol. The van der Waals surface area contributed by atoms with E-state index in [4.69, 9.17) is 5.11 Å². The normalized spacial score (nSPS) is 13.8. The lowest BCUT2D eigenvalue weighted by Gasteiger charge is -2.25. The highest BCUT2D eigenvalue weighted by Gasteiger charge is 2.17. The van der Waals surface area contributed by atoms with Crippen LogP contribution >= 0.6 is 11.8 Å². The van der Waals surface area contributed by atoms with Crippen LogP contribution in [0.25, 0.3) is 0 Å². The van der Waals surface area contributed by atoms with Crippen molar-refractivity contribution in [3.05, 3.63) is 35.6 Å². The van der Waals surface area contributed by atoms with Gasteiger partial charge in [0, 0.05) is 13.7 Å². The van der Waals surface area contributed by atoms with E-state index in [9.17, 15) is 9.18 Å². The molecule has 5 heteroatoms. The maximum Gasteiger partial charge on any atom is 0.232 e. The fourth-order valence-electron chi connectivity index (χ4n) is 1.68. The molecule has 1 aromatic rings. The number of carbonyl (C=O) groups is 1. The Morgan fingerprint density at radius 1 is 1.35 bits per heavy atom. The minimum atomic E-state index is -0.275. The number of rotatable bonds is 7. The van der Waals surface area contributed by atoms with Gasteiger partial charge < -0.3 is 10.0 Å². The summed E-state index contributed by atoms with van der Waals surface area (Å²) in [6, 6.07) is 6.12. The molecule has 1 amide bonds. The average Bonchev–Trinajstić information content (AvgIpc) is 2.46. The van der Waals surface area contributed by atoms with Gasteiger partial charge in [-0.15, -0.1) is 0 Å². The Labute approximate surface area is 124 Å². The molecule has 0 radical (unpaired) electrons. The van der Waals surface area contributed by atoms with Crippen molar-refractivity contribution in [1.29, 1.82) is 0 Å². The molecule has 0 fully saturated rings. The van der Waals surface area contributed by atoms with Crippen LogP contribution in [0.1, 0.15) is 25.5 Å². The summed E-state index contributed by atoms with van der Waals surface area (Å²) in [5.74, 6) is 1.13. The van der Waals surface area contributed by atoms with Crippen molar-refractivity contribution >= 4 is 17.7 Å². The molecule has 20 heavy (non-hydrogen) atoms. The van der Waals surface area contributed by atoms with Gasteiger partial charge in [0.25, 0.3) is 0 Å². The molecule has 0 aliphatic carbocycles. The molecule has 1 rings (SSSR count). The van der Waals surface area contributed by atoms with Crippen molar-refractivity contribution in [3.63, 3.8) is 0 Å². The molecular formula is C15H22FNO2S. The van der Waals surface area contributed by atoms with Crippen molar-refractivity contribution in [2.75, 3.05) is 25.2 Å². The number of thioether (sulfide) groups is 1. The number of hydrogen-bond donors (Lipinski definition) is 1. The number of halogens is 1. The first kappa shape index (κ1) is 17.0. The Hall–Kier alpha value is -1.07. The van der Waals surface area contributed by atoms with E-state index in [0.29, 0.717) is 5.75 Å². The minimum absolute atomic E-state index is 0.0389. The summed E-state index contributed by atoms with van der Waals surface area (Å²) < 4.78 is 12.9. The first-order chi connectivity index (χ1) is 9.45. The smallest absolute Gasteiger partial charge is 0.232 e. The van der Waals surface area contributed by atoms with E-state index in [0.717, 1.165) is 11.3 Å². The van der Waals surface area contributed by atoms with Gasteiger partial charge in [0.05, 0.1) is 11.8 Å². The van der Waals surface area contributed by atoms with Gasteiger partial charge in [0.1, 0.15) is 5.82 Å². The fraction of sp³-hybridized carbons (Fsp3) is 0.533. The molecule has 0 bridgehead atoms. The SMILES string of the molecule is CC(CO)CSCC(=O)N(C)C(C)c1ccc(F)cc1. The molecule has 1 aromatic carbocycles. The van der Waals surface area contributed by atoms with Gasteiger partial charge in [-0.25, -0.2) is 4.39 Å². The van der Waals surface area contributed by atoms with Gasteiger partial charge in [-0.1, -0.05) is 19.1 Å². The largest absolute Gasteiger partial charge is 0.396 e. The van der Waals surface area contributed by atoms with Crippen LogP contribution in [0.2, 0.25) is 0 Å². The quantitative estimate of drug-likeness (QED) is 0.841. The zero-order valence-corrected chi connectivity index (χ0v) is 13.0. The summed E-state index contributed by atoms with van der Waals surface area (Å²) >= 11 is 1.53. The molecule has 0 aliphatic heterocycles. The van der Waals surface area contributed by atoms with Gasteiger partial charge >= 0.3 is 0 Å². The molecule has 0 saturated carbocycles. The van der Waals surface area contributed by atoms with Crippen LogP contribution in [0.4, 0.5) is 4.39 Å². The Bertz CT molecular complexity index is 424. The highest BCUT2D eigenvalue weighted by atomic mass is 32.2. The van der Waals surface area contributed by atoms with Crippen molar-refractivity contribution < 1.29 is 14.3 Å². The topological polar surface area (TPSA) is 40.5 Å². The molecule has 0 heterocycles. The highest BCUT2D eigenvalue weighted by molar-refractivity contribution is 7.99. The fourth-order valence-corrected chi connectivity index (χ4v) is 2.69. The van der Waals surface area contributed by atoms with Crippen molar-refractivity contribution in [1.82, 2.24) is 4.90 Å². The van der Waals surface area contributed by atoms with Gasteiger partial charge in [-0.3, -0.25) is 4.79 Å². The predicted octanol–water partition coefficient (Wildman–Crippen LogP) is 2.71. The molecule has 0 aliphatic rings. The van der Waals surface area contributed by atoms with Gasteiger partial charge in [-0.05, 0) is 36.3 Å². The number of carbonyl (C=O) groups excluding carboxylic acids is 1. The molecular weight excluding hydrogens is 277 g/mol. The molecule has 1 N–H and O–H groups in total. The average molecular weight is 299 g/mol. The van der Waals surface area contributed by atoms with Crippen molar-refractivity contribution in [3.8, 4) is 0 Å².